The molecular weight excluding hydrogens is 319 g/mol. The van der Waals surface area contributed by atoms with Gasteiger partial charge in [0.15, 0.2) is 17.4 Å². The van der Waals surface area contributed by atoms with Crippen LogP contribution in [-0.2, 0) is 4.79 Å². The lowest BCUT2D eigenvalue weighted by Gasteiger charge is -2.18. The lowest BCUT2D eigenvalue weighted by Crippen LogP contribution is -2.31. The van der Waals surface area contributed by atoms with Crippen LogP contribution < -0.4 is 5.32 Å². The molecule has 0 aromatic heterocycles. The van der Waals surface area contributed by atoms with E-state index in [0.29, 0.717) is 17.2 Å². The van der Waals surface area contributed by atoms with Crippen molar-refractivity contribution >= 4 is 11.7 Å². The molecule has 2 atom stereocenters. The van der Waals surface area contributed by atoms with Crippen molar-refractivity contribution in [2.24, 2.45) is 0 Å². The van der Waals surface area contributed by atoms with Gasteiger partial charge in [0.05, 0.1) is 12.0 Å². The standard InChI is InChI=1S/C18H14F3NO2/c1-9(13-6-10(19)7-15(20)17(13)21)22-18(24)14-8-16(23)12-5-3-2-4-11(12)14/h2-7,9,14H,8H2,1H3,(H,22,24). The van der Waals surface area contributed by atoms with Crippen LogP contribution in [0.1, 0.15) is 46.8 Å². The number of amides is 1. The van der Waals surface area contributed by atoms with Crippen LogP contribution >= 0.6 is 0 Å². The molecule has 0 saturated heterocycles. The zero-order valence-corrected chi connectivity index (χ0v) is 12.8. The molecule has 0 fully saturated rings. The summed E-state index contributed by atoms with van der Waals surface area (Å²) in [5, 5.41) is 2.53. The minimum Gasteiger partial charge on any atom is -0.349 e. The largest absolute Gasteiger partial charge is 0.349 e. The minimum atomic E-state index is -1.31. The fourth-order valence-electron chi connectivity index (χ4n) is 2.98. The summed E-state index contributed by atoms with van der Waals surface area (Å²) in [5.41, 5.74) is 0.824. The van der Waals surface area contributed by atoms with E-state index in [0.717, 1.165) is 6.07 Å². The number of nitrogens with one attached hydrogen (secondary N) is 1. The number of ketones is 1. The molecule has 1 aliphatic carbocycles. The smallest absolute Gasteiger partial charge is 0.228 e. The summed E-state index contributed by atoms with van der Waals surface area (Å²) in [5.74, 6) is -4.74. The second-order valence-electron chi connectivity index (χ2n) is 5.79. The van der Waals surface area contributed by atoms with Gasteiger partial charge in [0.2, 0.25) is 5.91 Å². The average Bonchev–Trinajstić information content (AvgIpc) is 2.88. The SMILES string of the molecule is CC(NC(=O)C1CC(=O)c2ccccc21)c1cc(F)cc(F)c1F. The molecule has 2 unspecified atom stereocenters. The van der Waals surface area contributed by atoms with Crippen LogP contribution in [-0.4, -0.2) is 11.7 Å². The number of carbonyl (C=O) groups is 2. The van der Waals surface area contributed by atoms with Crippen LogP contribution in [0.2, 0.25) is 0 Å². The van der Waals surface area contributed by atoms with E-state index in [1.807, 2.05) is 0 Å². The van der Waals surface area contributed by atoms with Crippen molar-refractivity contribution in [2.75, 3.05) is 0 Å². The molecule has 0 spiro atoms. The maximum Gasteiger partial charge on any atom is 0.228 e. The van der Waals surface area contributed by atoms with E-state index in [1.54, 1.807) is 24.3 Å². The van der Waals surface area contributed by atoms with Gasteiger partial charge >= 0.3 is 0 Å². The first kappa shape index (κ1) is 16.2. The third-order valence-corrected chi connectivity index (χ3v) is 4.19. The highest BCUT2D eigenvalue weighted by molar-refractivity contribution is 6.06. The second-order valence-corrected chi connectivity index (χ2v) is 5.79. The van der Waals surface area contributed by atoms with Crippen LogP contribution in [0.25, 0.3) is 0 Å². The van der Waals surface area contributed by atoms with Crippen molar-refractivity contribution in [2.45, 2.75) is 25.3 Å². The Balaban J connectivity index is 1.82. The fourth-order valence-corrected chi connectivity index (χ4v) is 2.98. The first-order valence-electron chi connectivity index (χ1n) is 7.45. The summed E-state index contributed by atoms with van der Waals surface area (Å²) in [7, 11) is 0. The highest BCUT2D eigenvalue weighted by Crippen LogP contribution is 2.33. The summed E-state index contributed by atoms with van der Waals surface area (Å²) in [6.07, 6.45) is 0.0257. The number of Topliss-reactive ketones (excluding diaryl/α,β-unsaturated/α-hetero) is 1. The Labute approximate surface area is 136 Å². The fraction of sp³-hybridized carbons (Fsp3) is 0.222. The van der Waals surface area contributed by atoms with Gasteiger partial charge < -0.3 is 5.32 Å². The third kappa shape index (κ3) is 2.79. The molecule has 2 aromatic rings. The van der Waals surface area contributed by atoms with Gasteiger partial charge in [-0.1, -0.05) is 24.3 Å². The van der Waals surface area contributed by atoms with Gasteiger partial charge in [-0.25, -0.2) is 13.2 Å². The molecule has 24 heavy (non-hydrogen) atoms. The molecular formula is C18H14F3NO2. The zero-order chi connectivity index (χ0) is 17.4. The summed E-state index contributed by atoms with van der Waals surface area (Å²) in [6, 6.07) is 7.13. The molecule has 0 bridgehead atoms. The van der Waals surface area contributed by atoms with Crippen molar-refractivity contribution in [3.63, 3.8) is 0 Å². The number of halogens is 3. The van der Waals surface area contributed by atoms with Crippen LogP contribution in [0.5, 0.6) is 0 Å². The molecule has 1 amide bonds. The number of rotatable bonds is 3. The van der Waals surface area contributed by atoms with Crippen molar-refractivity contribution in [1.29, 1.82) is 0 Å². The normalized spacial score (nSPS) is 17.5. The minimum absolute atomic E-state index is 0.0257. The number of hydrogen-bond donors (Lipinski definition) is 1. The van der Waals surface area contributed by atoms with Crippen molar-refractivity contribution in [3.8, 4) is 0 Å². The zero-order valence-electron chi connectivity index (χ0n) is 12.8. The summed E-state index contributed by atoms with van der Waals surface area (Å²) in [6.45, 7) is 1.43. The number of hydrogen-bond acceptors (Lipinski definition) is 2. The van der Waals surface area contributed by atoms with Crippen molar-refractivity contribution < 1.29 is 22.8 Å². The van der Waals surface area contributed by atoms with Crippen LogP contribution in [0.4, 0.5) is 13.2 Å². The Morgan fingerprint density at radius 2 is 1.92 bits per heavy atom. The van der Waals surface area contributed by atoms with E-state index in [1.165, 1.54) is 6.92 Å². The summed E-state index contributed by atoms with van der Waals surface area (Å²) >= 11 is 0. The quantitative estimate of drug-likeness (QED) is 0.872. The van der Waals surface area contributed by atoms with Crippen LogP contribution in [0.15, 0.2) is 36.4 Å². The molecule has 0 aliphatic heterocycles. The maximum atomic E-state index is 13.8. The molecule has 0 heterocycles. The lowest BCUT2D eigenvalue weighted by molar-refractivity contribution is -0.123. The van der Waals surface area contributed by atoms with Gasteiger partial charge in [-0.05, 0) is 18.6 Å². The molecule has 6 heteroatoms. The number of carbonyl (C=O) groups excluding carboxylic acids is 2. The number of benzene rings is 2. The van der Waals surface area contributed by atoms with E-state index >= 15 is 0 Å². The molecule has 0 radical (unpaired) electrons. The first-order valence-corrected chi connectivity index (χ1v) is 7.45. The Bertz CT molecular complexity index is 835. The number of fused-ring (bicyclic) bond motifs is 1. The molecule has 124 valence electrons. The topological polar surface area (TPSA) is 46.2 Å². The molecule has 2 aromatic carbocycles. The van der Waals surface area contributed by atoms with Gasteiger partial charge in [0.25, 0.3) is 0 Å². The summed E-state index contributed by atoms with van der Waals surface area (Å²) < 4.78 is 40.4. The van der Waals surface area contributed by atoms with Crippen molar-refractivity contribution in [3.05, 3.63) is 70.5 Å². The molecule has 1 N–H and O–H groups in total. The van der Waals surface area contributed by atoms with E-state index < -0.39 is 35.3 Å². The Kier molecular flexibility index (Phi) is 4.13. The third-order valence-electron chi connectivity index (χ3n) is 4.19. The lowest BCUT2D eigenvalue weighted by atomic mass is 9.99. The second kappa shape index (κ2) is 6.11. The molecule has 0 saturated carbocycles. The predicted octanol–water partition coefficient (Wildman–Crippen LogP) is 3.65. The monoisotopic (exact) mass is 333 g/mol. The summed E-state index contributed by atoms with van der Waals surface area (Å²) in [4.78, 5) is 24.4. The first-order chi connectivity index (χ1) is 11.4. The highest BCUT2D eigenvalue weighted by Gasteiger charge is 2.34. The Hall–Kier alpha value is -2.63. The van der Waals surface area contributed by atoms with Gasteiger partial charge in [0.1, 0.15) is 5.82 Å². The molecule has 3 nitrogen and oxygen atoms in total. The van der Waals surface area contributed by atoms with Gasteiger partial charge in [-0.3, -0.25) is 9.59 Å². The van der Waals surface area contributed by atoms with E-state index in [4.69, 9.17) is 0 Å². The van der Waals surface area contributed by atoms with E-state index in [2.05, 4.69) is 5.32 Å². The van der Waals surface area contributed by atoms with Crippen LogP contribution in [0.3, 0.4) is 0 Å². The van der Waals surface area contributed by atoms with Crippen molar-refractivity contribution in [1.82, 2.24) is 5.32 Å². The predicted molar refractivity (Wildman–Crippen MR) is 81.0 cm³/mol. The van der Waals surface area contributed by atoms with E-state index in [9.17, 15) is 22.8 Å². The molecule has 3 rings (SSSR count). The van der Waals surface area contributed by atoms with E-state index in [-0.39, 0.29) is 17.8 Å². The Morgan fingerprint density at radius 1 is 1.21 bits per heavy atom. The molecule has 1 aliphatic rings. The van der Waals surface area contributed by atoms with Gasteiger partial charge in [-0.2, -0.15) is 0 Å². The van der Waals surface area contributed by atoms with Gasteiger partial charge in [-0.15, -0.1) is 0 Å². The van der Waals surface area contributed by atoms with Crippen LogP contribution in [0, 0.1) is 17.5 Å². The van der Waals surface area contributed by atoms with Gasteiger partial charge in [0, 0.05) is 23.6 Å². The maximum absolute atomic E-state index is 13.8. The average molecular weight is 333 g/mol. The Morgan fingerprint density at radius 3 is 2.67 bits per heavy atom. The highest BCUT2D eigenvalue weighted by atomic mass is 19.2.